The molecule has 1 spiro atoms. The van der Waals surface area contributed by atoms with E-state index in [0.717, 1.165) is 0 Å². The maximum Gasteiger partial charge on any atom is 0.271 e. The van der Waals surface area contributed by atoms with Crippen molar-refractivity contribution in [3.8, 4) is 0 Å². The molecule has 0 aromatic carbocycles. The Bertz CT molecular complexity index is 593. The topological polar surface area (TPSA) is 60.3 Å². The van der Waals surface area contributed by atoms with E-state index in [1.54, 1.807) is 0 Å². The SMILES string of the molecule is O=C1NC2(CCOCC2)n2c1c(Cl)cc(Br)c2=O. The number of pyridine rings is 1. The molecule has 3 heterocycles. The third-order valence-electron chi connectivity index (χ3n) is 3.42. The average molecular weight is 334 g/mol. The second-order valence-electron chi connectivity index (χ2n) is 4.43. The summed E-state index contributed by atoms with van der Waals surface area (Å²) in [6.45, 7) is 1.02. The Labute approximate surface area is 116 Å². The lowest BCUT2D eigenvalue weighted by Crippen LogP contribution is -2.51. The summed E-state index contributed by atoms with van der Waals surface area (Å²) in [7, 11) is 0. The van der Waals surface area contributed by atoms with E-state index in [0.29, 0.717) is 30.5 Å². The van der Waals surface area contributed by atoms with Crippen LogP contribution in [0, 0.1) is 0 Å². The molecule has 7 heteroatoms. The second kappa shape index (κ2) is 4.08. The Morgan fingerprint density at radius 2 is 2.06 bits per heavy atom. The molecule has 1 N–H and O–H groups in total. The first-order valence-electron chi connectivity index (χ1n) is 5.57. The molecular formula is C11H10BrClN2O3. The molecule has 1 amide bonds. The Kier molecular flexibility index (Phi) is 2.76. The van der Waals surface area contributed by atoms with Gasteiger partial charge >= 0.3 is 0 Å². The summed E-state index contributed by atoms with van der Waals surface area (Å²) in [5.41, 5.74) is -0.684. The van der Waals surface area contributed by atoms with Crippen LogP contribution in [0.3, 0.4) is 0 Å². The van der Waals surface area contributed by atoms with Gasteiger partial charge < -0.3 is 10.1 Å². The van der Waals surface area contributed by atoms with Gasteiger partial charge in [0.2, 0.25) is 0 Å². The molecule has 5 nitrogen and oxygen atoms in total. The molecule has 1 aromatic heterocycles. The van der Waals surface area contributed by atoms with Crippen molar-refractivity contribution in [2.24, 2.45) is 0 Å². The quantitative estimate of drug-likeness (QED) is 0.782. The third-order valence-corrected chi connectivity index (χ3v) is 4.28. The monoisotopic (exact) mass is 332 g/mol. The molecular weight excluding hydrogens is 323 g/mol. The number of rotatable bonds is 0. The number of carbonyl (C=O) groups is 1. The molecule has 96 valence electrons. The number of hydrogen-bond donors (Lipinski definition) is 1. The highest BCUT2D eigenvalue weighted by atomic mass is 79.9. The first-order chi connectivity index (χ1) is 8.55. The van der Waals surface area contributed by atoms with Gasteiger partial charge in [0.05, 0.1) is 22.7 Å². The van der Waals surface area contributed by atoms with Gasteiger partial charge in [0, 0.05) is 12.8 Å². The maximum absolute atomic E-state index is 12.3. The zero-order valence-corrected chi connectivity index (χ0v) is 11.7. The summed E-state index contributed by atoms with van der Waals surface area (Å²) in [6, 6.07) is 1.47. The van der Waals surface area contributed by atoms with Crippen molar-refractivity contribution in [2.45, 2.75) is 18.5 Å². The van der Waals surface area contributed by atoms with E-state index in [-0.39, 0.29) is 22.2 Å². The number of fused-ring (bicyclic) bond motifs is 2. The normalized spacial score (nSPS) is 20.9. The molecule has 18 heavy (non-hydrogen) atoms. The van der Waals surface area contributed by atoms with Crippen molar-refractivity contribution in [3.63, 3.8) is 0 Å². The van der Waals surface area contributed by atoms with Crippen LogP contribution in [0.4, 0.5) is 0 Å². The highest BCUT2D eigenvalue weighted by molar-refractivity contribution is 9.10. The van der Waals surface area contributed by atoms with Crippen molar-refractivity contribution >= 4 is 33.4 Å². The number of amides is 1. The molecule has 0 aliphatic carbocycles. The maximum atomic E-state index is 12.3. The van der Waals surface area contributed by atoms with Gasteiger partial charge in [0.25, 0.3) is 11.5 Å². The molecule has 0 bridgehead atoms. The highest BCUT2D eigenvalue weighted by Crippen LogP contribution is 2.34. The second-order valence-corrected chi connectivity index (χ2v) is 5.69. The number of carbonyl (C=O) groups excluding carboxylic acids is 1. The van der Waals surface area contributed by atoms with E-state index < -0.39 is 5.66 Å². The van der Waals surface area contributed by atoms with E-state index in [2.05, 4.69) is 21.2 Å². The van der Waals surface area contributed by atoms with Crippen molar-refractivity contribution in [3.05, 3.63) is 31.6 Å². The van der Waals surface area contributed by atoms with Crippen LogP contribution < -0.4 is 10.9 Å². The fourth-order valence-corrected chi connectivity index (χ4v) is 3.38. The zero-order chi connectivity index (χ0) is 12.9. The third kappa shape index (κ3) is 1.56. The zero-order valence-electron chi connectivity index (χ0n) is 9.33. The molecule has 1 saturated heterocycles. The molecule has 2 aliphatic heterocycles. The van der Waals surface area contributed by atoms with Crippen LogP contribution >= 0.6 is 27.5 Å². The van der Waals surface area contributed by atoms with E-state index >= 15 is 0 Å². The predicted octanol–water partition coefficient (Wildman–Crippen LogP) is 1.47. The Balaban J connectivity index is 2.29. The Morgan fingerprint density at radius 1 is 1.39 bits per heavy atom. The lowest BCUT2D eigenvalue weighted by Gasteiger charge is -2.35. The van der Waals surface area contributed by atoms with Gasteiger partial charge in [-0.15, -0.1) is 0 Å². The van der Waals surface area contributed by atoms with E-state index in [4.69, 9.17) is 16.3 Å². The molecule has 2 aliphatic rings. The summed E-state index contributed by atoms with van der Waals surface area (Å²) in [5, 5.41) is 3.16. The molecule has 0 atom stereocenters. The molecule has 1 aromatic rings. The first kappa shape index (κ1) is 12.2. The van der Waals surface area contributed by atoms with Gasteiger partial charge in [-0.1, -0.05) is 11.6 Å². The predicted molar refractivity (Wildman–Crippen MR) is 68.9 cm³/mol. The smallest absolute Gasteiger partial charge is 0.271 e. The summed E-state index contributed by atoms with van der Waals surface area (Å²) >= 11 is 9.24. The molecule has 3 rings (SSSR count). The number of aromatic nitrogens is 1. The van der Waals surface area contributed by atoms with Crippen LogP contribution in [0.5, 0.6) is 0 Å². The van der Waals surface area contributed by atoms with Gasteiger partial charge in [-0.3, -0.25) is 14.2 Å². The first-order valence-corrected chi connectivity index (χ1v) is 6.74. The fraction of sp³-hybridized carbons (Fsp3) is 0.455. The number of halogens is 2. The lowest BCUT2D eigenvalue weighted by atomic mass is 10.0. The van der Waals surface area contributed by atoms with Crippen molar-refractivity contribution in [2.75, 3.05) is 13.2 Å². The minimum atomic E-state index is -0.685. The van der Waals surface area contributed by atoms with Crippen molar-refractivity contribution in [1.29, 1.82) is 0 Å². The van der Waals surface area contributed by atoms with Crippen molar-refractivity contribution in [1.82, 2.24) is 9.88 Å². The molecule has 0 unspecified atom stereocenters. The lowest BCUT2D eigenvalue weighted by molar-refractivity contribution is 0.0119. The van der Waals surface area contributed by atoms with Gasteiger partial charge in [-0.2, -0.15) is 0 Å². The summed E-state index contributed by atoms with van der Waals surface area (Å²) in [4.78, 5) is 24.3. The van der Waals surface area contributed by atoms with Crippen LogP contribution in [-0.4, -0.2) is 23.7 Å². The number of nitrogens with one attached hydrogen (secondary N) is 1. The average Bonchev–Trinajstić information content (AvgIpc) is 2.60. The Hall–Kier alpha value is -0.850. The largest absolute Gasteiger partial charge is 0.381 e. The van der Waals surface area contributed by atoms with Gasteiger partial charge in [-0.25, -0.2) is 0 Å². The van der Waals surface area contributed by atoms with E-state index in [1.165, 1.54) is 10.6 Å². The minimum absolute atomic E-state index is 0.241. The van der Waals surface area contributed by atoms with E-state index in [9.17, 15) is 9.59 Å². The van der Waals surface area contributed by atoms with Crippen LogP contribution in [0.2, 0.25) is 5.02 Å². The minimum Gasteiger partial charge on any atom is -0.381 e. The Morgan fingerprint density at radius 3 is 2.72 bits per heavy atom. The van der Waals surface area contributed by atoms with Gasteiger partial charge in [-0.05, 0) is 22.0 Å². The number of nitrogens with zero attached hydrogens (tertiary/aromatic N) is 1. The molecule has 0 saturated carbocycles. The van der Waals surface area contributed by atoms with Crippen LogP contribution in [0.1, 0.15) is 23.3 Å². The van der Waals surface area contributed by atoms with Crippen LogP contribution in [-0.2, 0) is 10.4 Å². The van der Waals surface area contributed by atoms with Crippen molar-refractivity contribution < 1.29 is 9.53 Å². The standard InChI is InChI=1S/C11H10BrClN2O3/c12-6-5-7(13)8-9(16)14-11(15(8)10(6)17)1-3-18-4-2-11/h5H,1-4H2,(H,14,16). The summed E-state index contributed by atoms with van der Waals surface area (Å²) < 4.78 is 7.13. The van der Waals surface area contributed by atoms with E-state index in [1.807, 2.05) is 0 Å². The van der Waals surface area contributed by atoms with Gasteiger partial charge in [0.15, 0.2) is 0 Å². The van der Waals surface area contributed by atoms with Gasteiger partial charge in [0.1, 0.15) is 11.4 Å². The molecule has 1 fully saturated rings. The summed E-state index contributed by atoms with van der Waals surface area (Å²) in [5.74, 6) is -0.300. The fourth-order valence-electron chi connectivity index (χ4n) is 2.56. The van der Waals surface area contributed by atoms with Crippen LogP contribution in [0.25, 0.3) is 0 Å². The molecule has 0 radical (unpaired) electrons. The number of ether oxygens (including phenoxy) is 1. The summed E-state index contributed by atoms with van der Waals surface area (Å²) in [6.07, 6.45) is 1.14. The number of hydrogen-bond acceptors (Lipinski definition) is 3. The van der Waals surface area contributed by atoms with Crippen LogP contribution in [0.15, 0.2) is 15.3 Å². The highest BCUT2D eigenvalue weighted by Gasteiger charge is 2.45.